The van der Waals surface area contributed by atoms with E-state index >= 15 is 0 Å². The third-order valence-electron chi connectivity index (χ3n) is 2.26. The van der Waals surface area contributed by atoms with Gasteiger partial charge in [-0.2, -0.15) is 0 Å². The van der Waals surface area contributed by atoms with Crippen molar-refractivity contribution in [1.82, 2.24) is 5.32 Å². The van der Waals surface area contributed by atoms with Gasteiger partial charge in [0.2, 0.25) is 5.75 Å². The molecule has 1 amide bonds. The normalized spacial score (nSPS) is 9.94. The van der Waals surface area contributed by atoms with Crippen LogP contribution in [0.2, 0.25) is 0 Å². The van der Waals surface area contributed by atoms with Gasteiger partial charge in [-0.15, -0.1) is 0 Å². The smallest absolute Gasteiger partial charge is 0.255 e. The molecule has 0 aromatic heterocycles. The van der Waals surface area contributed by atoms with Gasteiger partial charge in [0, 0.05) is 6.54 Å². The van der Waals surface area contributed by atoms with Gasteiger partial charge in [0.15, 0.2) is 18.1 Å². The minimum Gasteiger partial charge on any atom is -0.493 e. The molecule has 6 nitrogen and oxygen atoms in total. The van der Waals surface area contributed by atoms with Gasteiger partial charge in [-0.25, -0.2) is 0 Å². The van der Waals surface area contributed by atoms with Gasteiger partial charge in [-0.05, 0) is 24.7 Å². The monoisotopic (exact) mass is 254 g/mol. The van der Waals surface area contributed by atoms with E-state index in [4.69, 9.17) is 19.9 Å². The number of methoxy groups -OCH3 is 2. The fourth-order valence-corrected chi connectivity index (χ4v) is 1.53. The largest absolute Gasteiger partial charge is 0.493 e. The highest BCUT2D eigenvalue weighted by atomic mass is 16.5. The molecule has 0 unspecified atom stereocenters. The molecule has 0 bridgehead atoms. The average Bonchev–Trinajstić information content (AvgIpc) is 2.36. The maximum absolute atomic E-state index is 10.7. The van der Waals surface area contributed by atoms with Crippen molar-refractivity contribution in [3.63, 3.8) is 0 Å². The summed E-state index contributed by atoms with van der Waals surface area (Å²) in [4.78, 5) is 10.7. The molecule has 0 aliphatic heterocycles. The molecule has 1 rings (SSSR count). The lowest BCUT2D eigenvalue weighted by Crippen LogP contribution is -2.20. The van der Waals surface area contributed by atoms with E-state index in [1.165, 1.54) is 14.2 Å². The number of amides is 1. The maximum Gasteiger partial charge on any atom is 0.255 e. The fourth-order valence-electron chi connectivity index (χ4n) is 1.53. The van der Waals surface area contributed by atoms with E-state index in [0.717, 1.165) is 5.56 Å². The second-order valence-electron chi connectivity index (χ2n) is 3.61. The van der Waals surface area contributed by atoms with Crippen LogP contribution in [0.3, 0.4) is 0 Å². The molecular weight excluding hydrogens is 236 g/mol. The molecule has 0 heterocycles. The number of hydrogen-bond acceptors (Lipinski definition) is 5. The van der Waals surface area contributed by atoms with Crippen LogP contribution in [0.5, 0.6) is 17.2 Å². The van der Waals surface area contributed by atoms with Crippen LogP contribution in [0.25, 0.3) is 0 Å². The number of nitrogens with one attached hydrogen (secondary N) is 1. The van der Waals surface area contributed by atoms with Crippen molar-refractivity contribution in [2.75, 3.05) is 27.9 Å². The van der Waals surface area contributed by atoms with Crippen molar-refractivity contribution in [2.24, 2.45) is 5.73 Å². The van der Waals surface area contributed by atoms with Crippen LogP contribution >= 0.6 is 0 Å². The number of carbonyl (C=O) groups is 1. The zero-order valence-electron chi connectivity index (χ0n) is 10.8. The zero-order valence-corrected chi connectivity index (χ0v) is 10.8. The lowest BCUT2D eigenvalue weighted by molar-refractivity contribution is -0.119. The quantitative estimate of drug-likeness (QED) is 0.730. The van der Waals surface area contributed by atoms with Crippen molar-refractivity contribution in [3.05, 3.63) is 17.7 Å². The van der Waals surface area contributed by atoms with Crippen molar-refractivity contribution < 1.29 is 19.0 Å². The molecule has 0 aliphatic rings. The average molecular weight is 254 g/mol. The zero-order chi connectivity index (χ0) is 13.5. The first-order valence-corrected chi connectivity index (χ1v) is 5.43. The summed E-state index contributed by atoms with van der Waals surface area (Å²) in [6, 6.07) is 3.63. The van der Waals surface area contributed by atoms with Crippen LogP contribution < -0.4 is 25.3 Å². The summed E-state index contributed by atoms with van der Waals surface area (Å²) in [7, 11) is 4.89. The summed E-state index contributed by atoms with van der Waals surface area (Å²) in [5.74, 6) is 0.818. The maximum atomic E-state index is 10.7. The molecule has 0 radical (unpaired) electrons. The van der Waals surface area contributed by atoms with Crippen molar-refractivity contribution >= 4 is 5.91 Å². The van der Waals surface area contributed by atoms with Crippen LogP contribution in [0.4, 0.5) is 0 Å². The van der Waals surface area contributed by atoms with E-state index in [0.29, 0.717) is 23.8 Å². The molecule has 1 aromatic carbocycles. The van der Waals surface area contributed by atoms with Crippen LogP contribution in [0.15, 0.2) is 12.1 Å². The molecule has 0 atom stereocenters. The van der Waals surface area contributed by atoms with Gasteiger partial charge in [-0.1, -0.05) is 0 Å². The Hall–Kier alpha value is -1.95. The minimum absolute atomic E-state index is 0.224. The minimum atomic E-state index is -0.557. The molecule has 6 heteroatoms. The van der Waals surface area contributed by atoms with Gasteiger partial charge in [0.05, 0.1) is 14.2 Å². The lowest BCUT2D eigenvalue weighted by atomic mass is 10.2. The van der Waals surface area contributed by atoms with E-state index in [9.17, 15) is 4.79 Å². The summed E-state index contributed by atoms with van der Waals surface area (Å²) in [5.41, 5.74) is 6.03. The predicted molar refractivity (Wildman–Crippen MR) is 67.0 cm³/mol. The van der Waals surface area contributed by atoms with Gasteiger partial charge in [-0.3, -0.25) is 4.79 Å². The second-order valence-corrected chi connectivity index (χ2v) is 3.61. The number of benzene rings is 1. The Bertz CT molecular complexity index is 396. The third kappa shape index (κ3) is 3.53. The Morgan fingerprint density at radius 3 is 2.22 bits per heavy atom. The Morgan fingerprint density at radius 2 is 1.83 bits per heavy atom. The Morgan fingerprint density at radius 1 is 1.28 bits per heavy atom. The molecule has 100 valence electrons. The molecule has 0 saturated carbocycles. The predicted octanol–water partition coefficient (Wildman–Crippen LogP) is 0.287. The number of rotatable bonds is 7. The summed E-state index contributed by atoms with van der Waals surface area (Å²) in [6.07, 6.45) is 0. The van der Waals surface area contributed by atoms with Gasteiger partial charge < -0.3 is 25.3 Å². The summed E-state index contributed by atoms with van der Waals surface area (Å²) in [5, 5.41) is 3.03. The lowest BCUT2D eigenvalue weighted by Gasteiger charge is -2.15. The van der Waals surface area contributed by atoms with E-state index in [-0.39, 0.29) is 6.61 Å². The summed E-state index contributed by atoms with van der Waals surface area (Å²) in [6.45, 7) is 0.445. The SMILES string of the molecule is CNCc1cc(OC)c(OCC(N)=O)c(OC)c1. The number of primary amides is 1. The van der Waals surface area contributed by atoms with E-state index in [1.54, 1.807) is 0 Å². The topological polar surface area (TPSA) is 82.8 Å². The molecule has 0 spiro atoms. The molecule has 0 saturated heterocycles. The second kappa shape index (κ2) is 6.70. The van der Waals surface area contributed by atoms with Crippen LogP contribution in [0.1, 0.15) is 5.56 Å². The Balaban J connectivity index is 3.08. The summed E-state index contributed by atoms with van der Waals surface area (Å²) < 4.78 is 15.7. The van der Waals surface area contributed by atoms with E-state index in [2.05, 4.69) is 5.32 Å². The standard InChI is InChI=1S/C12H18N2O4/c1-14-6-8-4-9(16-2)12(10(5-8)17-3)18-7-11(13)15/h4-5,14H,6-7H2,1-3H3,(H2,13,15). The van der Waals surface area contributed by atoms with Crippen molar-refractivity contribution in [2.45, 2.75) is 6.54 Å². The molecule has 0 fully saturated rings. The molecule has 1 aromatic rings. The highest BCUT2D eigenvalue weighted by molar-refractivity contribution is 5.75. The molecular formula is C12H18N2O4. The van der Waals surface area contributed by atoms with Gasteiger partial charge in [0.1, 0.15) is 0 Å². The Labute approximate surface area is 106 Å². The van der Waals surface area contributed by atoms with Crippen LogP contribution in [0, 0.1) is 0 Å². The van der Waals surface area contributed by atoms with Crippen molar-refractivity contribution in [3.8, 4) is 17.2 Å². The van der Waals surface area contributed by atoms with Crippen LogP contribution in [-0.2, 0) is 11.3 Å². The van der Waals surface area contributed by atoms with E-state index in [1.807, 2.05) is 19.2 Å². The first-order chi connectivity index (χ1) is 8.62. The third-order valence-corrected chi connectivity index (χ3v) is 2.26. The number of carbonyl (C=O) groups excluding carboxylic acids is 1. The molecule has 18 heavy (non-hydrogen) atoms. The highest BCUT2D eigenvalue weighted by Crippen LogP contribution is 2.38. The van der Waals surface area contributed by atoms with Crippen molar-refractivity contribution in [1.29, 1.82) is 0 Å². The van der Waals surface area contributed by atoms with E-state index < -0.39 is 5.91 Å². The first kappa shape index (κ1) is 14.1. The first-order valence-electron chi connectivity index (χ1n) is 5.43. The molecule has 3 N–H and O–H groups in total. The Kier molecular flexibility index (Phi) is 5.26. The van der Waals surface area contributed by atoms with Crippen LogP contribution in [-0.4, -0.2) is 33.8 Å². The number of nitrogens with two attached hydrogens (primary N) is 1. The fraction of sp³-hybridized carbons (Fsp3) is 0.417. The summed E-state index contributed by atoms with van der Waals surface area (Å²) >= 11 is 0. The van der Waals surface area contributed by atoms with Gasteiger partial charge >= 0.3 is 0 Å². The highest BCUT2D eigenvalue weighted by Gasteiger charge is 2.14. The number of ether oxygens (including phenoxy) is 3. The number of hydrogen-bond donors (Lipinski definition) is 2. The molecule has 0 aliphatic carbocycles. The van der Waals surface area contributed by atoms with Gasteiger partial charge in [0.25, 0.3) is 5.91 Å².